The summed E-state index contributed by atoms with van der Waals surface area (Å²) in [6.45, 7) is 5.25. The summed E-state index contributed by atoms with van der Waals surface area (Å²) in [6.07, 6.45) is 12.5. The van der Waals surface area contributed by atoms with E-state index in [1.54, 1.807) is 0 Å². The molecule has 0 bridgehead atoms. The third-order valence-electron chi connectivity index (χ3n) is 9.03. The number of rotatable bonds is 7. The molecule has 2 saturated heterocycles. The monoisotopic (exact) mass is 550 g/mol. The number of hydrogen-bond acceptors (Lipinski definition) is 4. The highest BCUT2D eigenvalue weighted by atomic mass is 31.0. The van der Waals surface area contributed by atoms with Crippen molar-refractivity contribution in [2.45, 2.75) is 75.4 Å². The molecule has 1 aliphatic carbocycles. The second-order valence-corrected chi connectivity index (χ2v) is 13.0. The van der Waals surface area contributed by atoms with Crippen LogP contribution < -0.4 is 16.0 Å². The van der Waals surface area contributed by atoms with E-state index in [4.69, 9.17) is 5.73 Å². The molecule has 1 unspecified atom stereocenters. The molecule has 0 radical (unpaired) electrons. The predicted molar refractivity (Wildman–Crippen MR) is 167 cm³/mol. The van der Waals surface area contributed by atoms with Crippen molar-refractivity contribution in [2.24, 2.45) is 0 Å². The minimum atomic E-state index is -0.0134. The number of carbonyl (C=O) groups excluding carboxylic acids is 1. The van der Waals surface area contributed by atoms with E-state index in [1.807, 2.05) is 18.2 Å². The Balaban J connectivity index is 1.27. The number of hydrogen-bond donors (Lipinski definition) is 2. The van der Waals surface area contributed by atoms with E-state index in [0.717, 1.165) is 54.8 Å². The van der Waals surface area contributed by atoms with Crippen molar-refractivity contribution in [2.75, 3.05) is 43.4 Å². The average Bonchev–Trinajstić information content (AvgIpc) is 2.97. The topological polar surface area (TPSA) is 61.6 Å². The fraction of sp³-hybridized carbons (Fsp3) is 0.548. The molecule has 0 aromatic heterocycles. The minimum absolute atomic E-state index is 0.0134. The predicted octanol–water partition coefficient (Wildman–Crippen LogP) is 5.74. The molecule has 1 atom stereocenters. The number of nitrogens with zero attached hydrogens (tertiary/aromatic N) is 2. The average molecular weight is 551 g/mol. The van der Waals surface area contributed by atoms with Crippen LogP contribution in [0.2, 0.25) is 0 Å². The van der Waals surface area contributed by atoms with Gasteiger partial charge in [0.05, 0.1) is 0 Å². The normalized spacial score (nSPS) is 20.7. The summed E-state index contributed by atoms with van der Waals surface area (Å²) in [7, 11) is 6.83. The summed E-state index contributed by atoms with van der Waals surface area (Å²) in [6, 6.07) is 14.3. The molecule has 3 N–H and O–H groups in total. The maximum absolute atomic E-state index is 13.4. The number of amides is 1. The van der Waals surface area contributed by atoms with Gasteiger partial charge in [0.25, 0.3) is 5.91 Å². The molecule has 5 nitrogen and oxygen atoms in total. The molecule has 3 fully saturated rings. The van der Waals surface area contributed by atoms with Crippen LogP contribution >= 0.6 is 18.1 Å². The zero-order valence-corrected chi connectivity index (χ0v) is 24.8. The van der Waals surface area contributed by atoms with E-state index in [1.165, 1.54) is 69.9 Å². The van der Waals surface area contributed by atoms with Gasteiger partial charge in [-0.1, -0.05) is 37.8 Å². The molecule has 1 amide bonds. The molecule has 3 aliphatic rings. The molecular formula is C31H44N4OP2. The first-order valence-electron chi connectivity index (χ1n) is 14.6. The molecule has 2 aliphatic heterocycles. The fourth-order valence-electron chi connectivity index (χ4n) is 6.60. The van der Waals surface area contributed by atoms with Gasteiger partial charge in [-0.2, -0.15) is 0 Å². The van der Waals surface area contributed by atoms with Gasteiger partial charge < -0.3 is 16.0 Å². The molecule has 7 heteroatoms. The molecular weight excluding hydrogens is 506 g/mol. The van der Waals surface area contributed by atoms with Crippen LogP contribution in [-0.4, -0.2) is 60.0 Å². The number of nitrogen functional groups attached to an aromatic ring is 1. The van der Waals surface area contributed by atoms with Gasteiger partial charge >= 0.3 is 0 Å². The fourth-order valence-corrected chi connectivity index (χ4v) is 7.28. The summed E-state index contributed by atoms with van der Waals surface area (Å²) < 4.78 is 0. The van der Waals surface area contributed by atoms with Crippen molar-refractivity contribution in [1.29, 1.82) is 0 Å². The number of likely N-dealkylation sites (tertiary alicyclic amines) is 1. The number of nitrogens with two attached hydrogens (primary N) is 1. The van der Waals surface area contributed by atoms with Gasteiger partial charge in [0, 0.05) is 53.0 Å². The van der Waals surface area contributed by atoms with Gasteiger partial charge in [0.2, 0.25) is 0 Å². The molecule has 2 aromatic carbocycles. The van der Waals surface area contributed by atoms with Crippen molar-refractivity contribution >= 4 is 40.7 Å². The van der Waals surface area contributed by atoms with Gasteiger partial charge in [-0.15, -0.1) is 18.1 Å². The van der Waals surface area contributed by atoms with E-state index >= 15 is 0 Å². The quantitative estimate of drug-likeness (QED) is 0.341. The van der Waals surface area contributed by atoms with E-state index in [9.17, 15) is 4.79 Å². The number of piperidine rings is 2. The first-order chi connectivity index (χ1) is 18.4. The van der Waals surface area contributed by atoms with Gasteiger partial charge in [-0.25, -0.2) is 0 Å². The van der Waals surface area contributed by atoms with Crippen LogP contribution in [0, 0.1) is 0 Å². The van der Waals surface area contributed by atoms with Crippen molar-refractivity contribution in [3.8, 4) is 0 Å². The van der Waals surface area contributed by atoms with Crippen LogP contribution in [0.5, 0.6) is 0 Å². The maximum Gasteiger partial charge on any atom is 0.251 e. The first-order valence-corrected chi connectivity index (χ1v) is 15.7. The summed E-state index contributed by atoms with van der Waals surface area (Å²) >= 11 is 0. The number of benzene rings is 2. The second-order valence-electron chi connectivity index (χ2n) is 11.6. The van der Waals surface area contributed by atoms with Crippen molar-refractivity contribution in [3.63, 3.8) is 0 Å². The Morgan fingerprint density at radius 3 is 2.24 bits per heavy atom. The van der Waals surface area contributed by atoms with Crippen LogP contribution in [0.15, 0.2) is 42.5 Å². The van der Waals surface area contributed by atoms with E-state index in [2.05, 4.69) is 57.5 Å². The summed E-state index contributed by atoms with van der Waals surface area (Å²) in [5.74, 6) is -0.0134. The molecule has 38 heavy (non-hydrogen) atoms. The van der Waals surface area contributed by atoms with Crippen LogP contribution in [0.3, 0.4) is 0 Å². The van der Waals surface area contributed by atoms with Gasteiger partial charge in [-0.05, 0) is 93.2 Å². The van der Waals surface area contributed by atoms with Crippen LogP contribution in [-0.2, 0) is 0 Å². The lowest BCUT2D eigenvalue weighted by Crippen LogP contribution is -2.58. The van der Waals surface area contributed by atoms with Crippen molar-refractivity contribution < 1.29 is 4.79 Å². The Morgan fingerprint density at radius 2 is 1.55 bits per heavy atom. The standard InChI is InChI=1S/C31H44N4OP2/c32-28-12-9-24(30(36)33-22-31(15-3-1-4-16-31)35-17-5-2-6-18-35)21-27(28)29(38)23-7-10-25(11-8-23)34-19-13-26(37)14-20-34/h7-12,21,26,38H,1-6,13-20,22,32,37H2,(H,33,36). The zero-order valence-electron chi connectivity index (χ0n) is 22.7. The Kier molecular flexibility index (Phi) is 9.09. The molecule has 5 rings (SSSR count). The van der Waals surface area contributed by atoms with Crippen LogP contribution in [0.25, 0.3) is 0 Å². The summed E-state index contributed by atoms with van der Waals surface area (Å²) in [4.78, 5) is 18.5. The highest BCUT2D eigenvalue weighted by Crippen LogP contribution is 2.35. The molecule has 0 spiro atoms. The highest BCUT2D eigenvalue weighted by Gasteiger charge is 2.38. The molecule has 1 saturated carbocycles. The highest BCUT2D eigenvalue weighted by molar-refractivity contribution is 7.23. The third kappa shape index (κ3) is 6.27. The van der Waals surface area contributed by atoms with Gasteiger partial charge in [0.1, 0.15) is 0 Å². The Bertz CT molecular complexity index is 1120. The first kappa shape index (κ1) is 27.6. The smallest absolute Gasteiger partial charge is 0.251 e. The minimum Gasteiger partial charge on any atom is -0.398 e. The van der Waals surface area contributed by atoms with E-state index < -0.39 is 0 Å². The Hall–Kier alpha value is -1.93. The summed E-state index contributed by atoms with van der Waals surface area (Å²) in [5.41, 5.74) is 11.7. The van der Waals surface area contributed by atoms with Crippen LogP contribution in [0.4, 0.5) is 11.4 Å². The lowest BCUT2D eigenvalue weighted by Gasteiger charge is -2.48. The number of carbonyl (C=O) groups is 1. The molecule has 204 valence electrons. The zero-order chi connectivity index (χ0) is 26.5. The Morgan fingerprint density at radius 1 is 0.921 bits per heavy atom. The SMILES string of the molecule is Nc1ccc(C(=O)NCC2(N3CCCCC3)CCCCC2)cc1C(=P)c1ccc(N2CCC(P)CC2)cc1. The second kappa shape index (κ2) is 12.5. The third-order valence-corrected chi connectivity index (χ3v) is 10.3. The molecule has 2 heterocycles. The van der Waals surface area contributed by atoms with Gasteiger partial charge in [0.15, 0.2) is 0 Å². The van der Waals surface area contributed by atoms with Gasteiger partial charge in [-0.3, -0.25) is 9.69 Å². The molecule has 2 aromatic rings. The lowest BCUT2D eigenvalue weighted by molar-refractivity contribution is 0.0326. The number of nitrogens with one attached hydrogen (secondary N) is 1. The number of anilines is 2. The van der Waals surface area contributed by atoms with Crippen molar-refractivity contribution in [3.05, 3.63) is 59.2 Å². The lowest BCUT2D eigenvalue weighted by atomic mass is 9.79. The van der Waals surface area contributed by atoms with E-state index in [-0.39, 0.29) is 11.4 Å². The van der Waals surface area contributed by atoms with Crippen molar-refractivity contribution in [1.82, 2.24) is 10.2 Å². The largest absolute Gasteiger partial charge is 0.398 e. The van der Waals surface area contributed by atoms with E-state index in [0.29, 0.717) is 11.3 Å². The Labute approximate surface area is 233 Å². The van der Waals surface area contributed by atoms with Crippen LogP contribution in [0.1, 0.15) is 85.7 Å². The summed E-state index contributed by atoms with van der Waals surface area (Å²) in [5, 5.41) is 4.23. The maximum atomic E-state index is 13.4.